The van der Waals surface area contributed by atoms with Gasteiger partial charge in [-0.05, 0) is 36.3 Å². The van der Waals surface area contributed by atoms with Crippen LogP contribution in [-0.2, 0) is 0 Å². The van der Waals surface area contributed by atoms with Gasteiger partial charge in [0.1, 0.15) is 11.4 Å². The number of benzene rings is 1. The van der Waals surface area contributed by atoms with E-state index in [1.54, 1.807) is 19.2 Å². The van der Waals surface area contributed by atoms with E-state index in [1.165, 1.54) is 12.8 Å². The van der Waals surface area contributed by atoms with Crippen molar-refractivity contribution in [2.75, 3.05) is 24.2 Å². The Morgan fingerprint density at radius 2 is 2.00 bits per heavy atom. The van der Waals surface area contributed by atoms with Gasteiger partial charge in [0.05, 0.1) is 4.92 Å². The average Bonchev–Trinajstić information content (AvgIpc) is 3.16. The monoisotopic (exact) mass is 263 g/mol. The van der Waals surface area contributed by atoms with Crippen LogP contribution in [0.15, 0.2) is 18.2 Å². The minimum Gasteiger partial charge on any atom is -0.382 e. The number of nitrogens with zero attached hydrogens (tertiary/aromatic N) is 1. The molecular weight excluding hydrogens is 242 g/mol. The molecule has 0 spiro atoms. The molecule has 1 aliphatic rings. The maximum absolute atomic E-state index is 11.2. The van der Waals surface area contributed by atoms with Gasteiger partial charge in [-0.1, -0.05) is 19.9 Å². The lowest BCUT2D eigenvalue weighted by molar-refractivity contribution is -0.383. The zero-order chi connectivity index (χ0) is 14.0. The zero-order valence-corrected chi connectivity index (χ0v) is 11.7. The summed E-state index contributed by atoms with van der Waals surface area (Å²) in [4.78, 5) is 10.9. The highest BCUT2D eigenvalue weighted by Crippen LogP contribution is 2.52. The molecule has 0 saturated heterocycles. The molecule has 1 aromatic carbocycles. The smallest absolute Gasteiger partial charge is 0.315 e. The summed E-state index contributed by atoms with van der Waals surface area (Å²) in [5, 5.41) is 17.3. The predicted molar refractivity (Wildman–Crippen MR) is 77.6 cm³/mol. The number of nitro groups is 1. The van der Waals surface area contributed by atoms with Gasteiger partial charge in [0, 0.05) is 13.6 Å². The zero-order valence-electron chi connectivity index (χ0n) is 11.7. The van der Waals surface area contributed by atoms with Crippen molar-refractivity contribution in [3.05, 3.63) is 28.3 Å². The van der Waals surface area contributed by atoms with E-state index in [0.717, 1.165) is 6.54 Å². The van der Waals surface area contributed by atoms with E-state index < -0.39 is 0 Å². The Hall–Kier alpha value is -1.78. The van der Waals surface area contributed by atoms with Gasteiger partial charge >= 0.3 is 5.69 Å². The van der Waals surface area contributed by atoms with Gasteiger partial charge in [-0.3, -0.25) is 10.1 Å². The van der Waals surface area contributed by atoms with Crippen LogP contribution in [0.5, 0.6) is 0 Å². The third kappa shape index (κ3) is 2.64. The molecule has 5 nitrogen and oxygen atoms in total. The number of hydrogen-bond acceptors (Lipinski definition) is 4. The van der Waals surface area contributed by atoms with Crippen LogP contribution in [0.1, 0.15) is 26.7 Å². The molecule has 2 rings (SSSR count). The summed E-state index contributed by atoms with van der Waals surface area (Å²) in [6.07, 6.45) is 2.41. The molecular formula is C14H21N3O2. The molecule has 0 radical (unpaired) electrons. The van der Waals surface area contributed by atoms with E-state index in [1.807, 2.05) is 6.07 Å². The van der Waals surface area contributed by atoms with E-state index in [0.29, 0.717) is 22.7 Å². The van der Waals surface area contributed by atoms with Crippen molar-refractivity contribution in [1.29, 1.82) is 0 Å². The van der Waals surface area contributed by atoms with Crippen molar-refractivity contribution in [1.82, 2.24) is 0 Å². The van der Waals surface area contributed by atoms with Gasteiger partial charge < -0.3 is 10.6 Å². The average molecular weight is 263 g/mol. The van der Waals surface area contributed by atoms with Gasteiger partial charge in [0.25, 0.3) is 0 Å². The Kier molecular flexibility index (Phi) is 3.64. The maximum atomic E-state index is 11.2. The number of nitrogens with one attached hydrogen (secondary N) is 2. The molecule has 2 N–H and O–H groups in total. The van der Waals surface area contributed by atoms with E-state index in [4.69, 9.17) is 0 Å². The summed E-state index contributed by atoms with van der Waals surface area (Å²) in [6.45, 7) is 5.24. The topological polar surface area (TPSA) is 67.2 Å². The van der Waals surface area contributed by atoms with Gasteiger partial charge in [-0.25, -0.2) is 0 Å². The fraction of sp³-hybridized carbons (Fsp3) is 0.571. The second-order valence-corrected chi connectivity index (χ2v) is 5.58. The highest BCUT2D eigenvalue weighted by Gasteiger charge is 2.45. The van der Waals surface area contributed by atoms with E-state index in [-0.39, 0.29) is 10.6 Å². The second kappa shape index (κ2) is 5.07. The SMILES string of the molecule is CNc1cccc(NCC2(C(C)C)CC2)c1[N+](=O)[O-]. The second-order valence-electron chi connectivity index (χ2n) is 5.58. The van der Waals surface area contributed by atoms with Crippen LogP contribution in [0.2, 0.25) is 0 Å². The molecule has 1 fully saturated rings. The quantitative estimate of drug-likeness (QED) is 0.609. The van der Waals surface area contributed by atoms with Gasteiger partial charge in [0.15, 0.2) is 0 Å². The number of nitro benzene ring substituents is 1. The molecule has 104 valence electrons. The van der Waals surface area contributed by atoms with Gasteiger partial charge in [0.2, 0.25) is 0 Å². The largest absolute Gasteiger partial charge is 0.382 e. The highest BCUT2D eigenvalue weighted by molar-refractivity contribution is 5.76. The molecule has 19 heavy (non-hydrogen) atoms. The lowest BCUT2D eigenvalue weighted by atomic mass is 9.92. The summed E-state index contributed by atoms with van der Waals surface area (Å²) in [5.41, 5.74) is 1.60. The fourth-order valence-corrected chi connectivity index (χ4v) is 2.47. The minimum absolute atomic E-state index is 0.129. The predicted octanol–water partition coefficient (Wildman–Crippen LogP) is 3.48. The Morgan fingerprint density at radius 3 is 2.47 bits per heavy atom. The van der Waals surface area contributed by atoms with Crippen molar-refractivity contribution >= 4 is 17.1 Å². The Labute approximate surface area is 113 Å². The number of hydrogen-bond donors (Lipinski definition) is 2. The molecule has 1 saturated carbocycles. The fourth-order valence-electron chi connectivity index (χ4n) is 2.47. The standard InChI is InChI=1S/C14H21N3O2/c1-10(2)14(7-8-14)9-16-12-6-4-5-11(15-3)13(12)17(18)19/h4-6,10,15-16H,7-9H2,1-3H3. The van der Waals surface area contributed by atoms with Crippen LogP contribution in [0.3, 0.4) is 0 Å². The molecule has 1 aliphatic carbocycles. The molecule has 0 atom stereocenters. The lowest BCUT2D eigenvalue weighted by Crippen LogP contribution is -2.21. The number of para-hydroxylation sites is 1. The Morgan fingerprint density at radius 1 is 1.37 bits per heavy atom. The van der Waals surface area contributed by atoms with E-state index >= 15 is 0 Å². The third-order valence-corrected chi connectivity index (χ3v) is 4.24. The lowest BCUT2D eigenvalue weighted by Gasteiger charge is -2.21. The van der Waals surface area contributed by atoms with Crippen LogP contribution < -0.4 is 10.6 Å². The molecule has 0 bridgehead atoms. The van der Waals surface area contributed by atoms with Crippen LogP contribution in [-0.4, -0.2) is 18.5 Å². The molecule has 5 heteroatoms. The van der Waals surface area contributed by atoms with E-state index in [9.17, 15) is 10.1 Å². The Balaban J connectivity index is 2.19. The first-order valence-electron chi connectivity index (χ1n) is 6.69. The summed E-state index contributed by atoms with van der Waals surface area (Å²) in [7, 11) is 1.70. The minimum atomic E-state index is -0.330. The van der Waals surface area contributed by atoms with Crippen molar-refractivity contribution in [3.8, 4) is 0 Å². The van der Waals surface area contributed by atoms with Crippen molar-refractivity contribution in [2.24, 2.45) is 11.3 Å². The Bertz CT molecular complexity index is 482. The normalized spacial score (nSPS) is 16.2. The van der Waals surface area contributed by atoms with E-state index in [2.05, 4.69) is 24.5 Å². The molecule has 0 aromatic heterocycles. The third-order valence-electron chi connectivity index (χ3n) is 4.24. The van der Waals surface area contributed by atoms with Crippen molar-refractivity contribution in [2.45, 2.75) is 26.7 Å². The van der Waals surface area contributed by atoms with Crippen LogP contribution in [0.25, 0.3) is 0 Å². The van der Waals surface area contributed by atoms with Crippen LogP contribution >= 0.6 is 0 Å². The number of anilines is 2. The van der Waals surface area contributed by atoms with Crippen LogP contribution in [0, 0.1) is 21.4 Å². The van der Waals surface area contributed by atoms with Gasteiger partial charge in [-0.2, -0.15) is 0 Å². The summed E-state index contributed by atoms with van der Waals surface area (Å²) in [5.74, 6) is 0.603. The maximum Gasteiger partial charge on any atom is 0.315 e. The molecule has 0 heterocycles. The van der Waals surface area contributed by atoms with Crippen LogP contribution in [0.4, 0.5) is 17.1 Å². The van der Waals surface area contributed by atoms with Crippen molar-refractivity contribution in [3.63, 3.8) is 0 Å². The summed E-state index contributed by atoms with van der Waals surface area (Å²) >= 11 is 0. The van der Waals surface area contributed by atoms with Crippen molar-refractivity contribution < 1.29 is 4.92 Å². The molecule has 0 aliphatic heterocycles. The summed E-state index contributed by atoms with van der Waals surface area (Å²) < 4.78 is 0. The molecule has 0 unspecified atom stereocenters. The number of rotatable bonds is 6. The summed E-state index contributed by atoms with van der Waals surface area (Å²) in [6, 6.07) is 5.32. The molecule has 1 aromatic rings. The molecule has 0 amide bonds. The van der Waals surface area contributed by atoms with Gasteiger partial charge in [-0.15, -0.1) is 0 Å². The first-order valence-corrected chi connectivity index (χ1v) is 6.69. The first-order chi connectivity index (χ1) is 9.00. The first kappa shape index (κ1) is 13.6. The highest BCUT2D eigenvalue weighted by atomic mass is 16.6.